The lowest BCUT2D eigenvalue weighted by molar-refractivity contribution is -0.00522. The first-order chi connectivity index (χ1) is 12.6. The molecule has 1 aromatic carbocycles. The largest absolute Gasteiger partial charge is 0.372 e. The quantitative estimate of drug-likeness (QED) is 0.750. The number of hydrogen-bond donors (Lipinski definition) is 2. The standard InChI is InChI=1S/C18H20N6O2/c1-11-9-24(10-12(2)26-11)14-5-6-19-17(8-14)18(25)20-13-3-4-15-16(7-13)22-23-21-15/h3-8,11-12H,9-10H2,1-2H3,(H,20,25)(H,21,22,23). The molecule has 3 aromatic rings. The van der Waals surface area contributed by atoms with Crippen molar-refractivity contribution in [2.75, 3.05) is 23.3 Å². The van der Waals surface area contributed by atoms with Gasteiger partial charge in [-0.1, -0.05) is 0 Å². The van der Waals surface area contributed by atoms with Crippen molar-refractivity contribution < 1.29 is 9.53 Å². The molecule has 26 heavy (non-hydrogen) atoms. The van der Waals surface area contributed by atoms with Crippen LogP contribution in [-0.4, -0.2) is 51.6 Å². The molecule has 1 aliphatic heterocycles. The Morgan fingerprint density at radius 1 is 1.15 bits per heavy atom. The van der Waals surface area contributed by atoms with Gasteiger partial charge in [0, 0.05) is 30.7 Å². The number of nitrogens with zero attached hydrogens (tertiary/aromatic N) is 4. The molecule has 8 heteroatoms. The van der Waals surface area contributed by atoms with Gasteiger partial charge < -0.3 is 15.0 Å². The summed E-state index contributed by atoms with van der Waals surface area (Å²) in [5, 5.41) is 13.4. The zero-order valence-corrected chi connectivity index (χ0v) is 14.6. The molecule has 2 aromatic heterocycles. The number of carbonyl (C=O) groups excluding carboxylic acids is 1. The van der Waals surface area contributed by atoms with Gasteiger partial charge in [-0.15, -0.1) is 0 Å². The number of aromatic nitrogens is 4. The van der Waals surface area contributed by atoms with Gasteiger partial charge in [0.2, 0.25) is 0 Å². The van der Waals surface area contributed by atoms with E-state index in [-0.39, 0.29) is 18.1 Å². The fraction of sp³-hybridized carbons (Fsp3) is 0.333. The molecule has 1 fully saturated rings. The Morgan fingerprint density at radius 3 is 2.73 bits per heavy atom. The minimum absolute atomic E-state index is 0.151. The number of carbonyl (C=O) groups is 1. The third-order valence-electron chi connectivity index (χ3n) is 4.34. The molecule has 2 N–H and O–H groups in total. The molecule has 2 unspecified atom stereocenters. The predicted molar refractivity (Wildman–Crippen MR) is 98.3 cm³/mol. The normalized spacial score (nSPS) is 20.3. The summed E-state index contributed by atoms with van der Waals surface area (Å²) in [6.45, 7) is 5.69. The summed E-state index contributed by atoms with van der Waals surface area (Å²) in [7, 11) is 0. The molecule has 2 atom stereocenters. The Labute approximate surface area is 150 Å². The molecule has 4 rings (SSSR count). The van der Waals surface area contributed by atoms with E-state index in [9.17, 15) is 4.79 Å². The van der Waals surface area contributed by atoms with Gasteiger partial charge in [-0.25, -0.2) is 0 Å². The van der Waals surface area contributed by atoms with Crippen molar-refractivity contribution in [3.05, 3.63) is 42.2 Å². The maximum atomic E-state index is 12.6. The maximum absolute atomic E-state index is 12.6. The highest BCUT2D eigenvalue weighted by atomic mass is 16.5. The Hall–Kier alpha value is -3.00. The molecule has 1 aliphatic rings. The summed E-state index contributed by atoms with van der Waals surface area (Å²) in [5.41, 5.74) is 3.44. The van der Waals surface area contributed by atoms with Crippen LogP contribution in [-0.2, 0) is 4.74 Å². The van der Waals surface area contributed by atoms with Crippen molar-refractivity contribution in [2.45, 2.75) is 26.1 Å². The molecule has 8 nitrogen and oxygen atoms in total. The van der Waals surface area contributed by atoms with E-state index < -0.39 is 0 Å². The number of aromatic amines is 1. The molecule has 1 saturated heterocycles. The Balaban J connectivity index is 1.52. The topological polar surface area (TPSA) is 96.0 Å². The molecule has 3 heterocycles. The first kappa shape index (κ1) is 16.5. The van der Waals surface area contributed by atoms with Crippen molar-refractivity contribution in [3.63, 3.8) is 0 Å². The number of nitrogens with one attached hydrogen (secondary N) is 2. The van der Waals surface area contributed by atoms with E-state index in [1.54, 1.807) is 24.4 Å². The molecule has 1 amide bonds. The Morgan fingerprint density at radius 2 is 1.92 bits per heavy atom. The van der Waals surface area contributed by atoms with Crippen LogP contribution in [0.4, 0.5) is 11.4 Å². The highest BCUT2D eigenvalue weighted by Gasteiger charge is 2.23. The van der Waals surface area contributed by atoms with Crippen LogP contribution in [0.3, 0.4) is 0 Å². The number of benzene rings is 1. The number of rotatable bonds is 3. The monoisotopic (exact) mass is 352 g/mol. The number of pyridine rings is 1. The Kier molecular flexibility index (Phi) is 4.26. The average Bonchev–Trinajstić information content (AvgIpc) is 3.09. The van der Waals surface area contributed by atoms with Crippen molar-refractivity contribution >= 4 is 28.3 Å². The SMILES string of the molecule is CC1CN(c2ccnc(C(=O)Nc3ccc4n[nH]nc4c3)c2)CC(C)O1. The fourth-order valence-electron chi connectivity index (χ4n) is 3.24. The first-order valence-corrected chi connectivity index (χ1v) is 8.57. The Bertz CT molecular complexity index is 930. The van der Waals surface area contributed by atoms with Crippen molar-refractivity contribution in [2.24, 2.45) is 0 Å². The van der Waals surface area contributed by atoms with E-state index in [4.69, 9.17) is 4.74 Å². The number of H-pyrrole nitrogens is 1. The second kappa shape index (κ2) is 6.72. The second-order valence-electron chi connectivity index (χ2n) is 6.54. The molecule has 0 radical (unpaired) electrons. The average molecular weight is 352 g/mol. The fourth-order valence-corrected chi connectivity index (χ4v) is 3.24. The number of morpholine rings is 1. The van der Waals surface area contributed by atoms with Crippen LogP contribution in [0.25, 0.3) is 11.0 Å². The van der Waals surface area contributed by atoms with E-state index in [1.807, 2.05) is 12.1 Å². The summed E-state index contributed by atoms with van der Waals surface area (Å²) in [5.74, 6) is -0.260. The van der Waals surface area contributed by atoms with Gasteiger partial charge in [-0.05, 0) is 44.2 Å². The molecule has 0 aliphatic carbocycles. The minimum atomic E-state index is -0.260. The predicted octanol–water partition coefficient (Wildman–Crippen LogP) is 2.22. The lowest BCUT2D eigenvalue weighted by Crippen LogP contribution is -2.45. The number of ether oxygens (including phenoxy) is 1. The molecule has 0 spiro atoms. The lowest BCUT2D eigenvalue weighted by Gasteiger charge is -2.36. The van der Waals surface area contributed by atoms with Crippen LogP contribution < -0.4 is 10.2 Å². The van der Waals surface area contributed by atoms with E-state index in [2.05, 4.69) is 44.5 Å². The summed E-state index contributed by atoms with van der Waals surface area (Å²) < 4.78 is 5.77. The zero-order valence-electron chi connectivity index (χ0n) is 14.6. The summed E-state index contributed by atoms with van der Waals surface area (Å²) >= 11 is 0. The second-order valence-corrected chi connectivity index (χ2v) is 6.54. The van der Waals surface area contributed by atoms with Crippen molar-refractivity contribution in [1.29, 1.82) is 0 Å². The van der Waals surface area contributed by atoms with Gasteiger partial charge in [0.05, 0.1) is 12.2 Å². The zero-order chi connectivity index (χ0) is 18.1. The van der Waals surface area contributed by atoms with Crippen LogP contribution in [0, 0.1) is 0 Å². The van der Waals surface area contributed by atoms with Gasteiger partial charge >= 0.3 is 0 Å². The number of anilines is 2. The summed E-state index contributed by atoms with van der Waals surface area (Å²) in [4.78, 5) is 19.0. The van der Waals surface area contributed by atoms with Crippen LogP contribution in [0.15, 0.2) is 36.5 Å². The van der Waals surface area contributed by atoms with Crippen molar-refractivity contribution in [1.82, 2.24) is 20.4 Å². The highest BCUT2D eigenvalue weighted by molar-refractivity contribution is 6.04. The third-order valence-corrected chi connectivity index (χ3v) is 4.34. The molecule has 134 valence electrons. The third kappa shape index (κ3) is 3.36. The van der Waals surface area contributed by atoms with Crippen LogP contribution in [0.1, 0.15) is 24.3 Å². The summed E-state index contributed by atoms with van der Waals surface area (Å²) in [6.07, 6.45) is 1.97. The smallest absolute Gasteiger partial charge is 0.274 e. The molecule has 0 saturated carbocycles. The maximum Gasteiger partial charge on any atom is 0.274 e. The van der Waals surface area contributed by atoms with Gasteiger partial charge in [-0.3, -0.25) is 9.78 Å². The molecular formula is C18H20N6O2. The van der Waals surface area contributed by atoms with Gasteiger partial charge in [0.15, 0.2) is 0 Å². The van der Waals surface area contributed by atoms with Crippen molar-refractivity contribution in [3.8, 4) is 0 Å². The van der Waals surface area contributed by atoms with Gasteiger partial charge in [0.1, 0.15) is 16.7 Å². The lowest BCUT2D eigenvalue weighted by atomic mass is 10.2. The number of amides is 1. The van der Waals surface area contributed by atoms with E-state index >= 15 is 0 Å². The van der Waals surface area contributed by atoms with Gasteiger partial charge in [-0.2, -0.15) is 15.4 Å². The van der Waals surface area contributed by atoms with Crippen LogP contribution in [0.2, 0.25) is 0 Å². The van der Waals surface area contributed by atoms with E-state index in [1.165, 1.54) is 0 Å². The van der Waals surface area contributed by atoms with Gasteiger partial charge in [0.25, 0.3) is 5.91 Å². The minimum Gasteiger partial charge on any atom is -0.372 e. The number of fused-ring (bicyclic) bond motifs is 1. The number of hydrogen-bond acceptors (Lipinski definition) is 6. The van der Waals surface area contributed by atoms with E-state index in [0.717, 1.165) is 24.3 Å². The van der Waals surface area contributed by atoms with Crippen LogP contribution in [0.5, 0.6) is 0 Å². The first-order valence-electron chi connectivity index (χ1n) is 8.57. The van der Waals surface area contributed by atoms with E-state index in [0.29, 0.717) is 16.9 Å². The highest BCUT2D eigenvalue weighted by Crippen LogP contribution is 2.21. The summed E-state index contributed by atoms with van der Waals surface area (Å²) in [6, 6.07) is 9.09. The molecule has 0 bridgehead atoms. The van der Waals surface area contributed by atoms with Crippen LogP contribution >= 0.6 is 0 Å². The molecular weight excluding hydrogens is 332 g/mol.